The Bertz CT molecular complexity index is 442. The summed E-state index contributed by atoms with van der Waals surface area (Å²) in [5, 5.41) is 4.02. The van der Waals surface area contributed by atoms with Crippen molar-refractivity contribution in [3.63, 3.8) is 0 Å². The fourth-order valence-corrected chi connectivity index (χ4v) is 1.71. The van der Waals surface area contributed by atoms with Crippen molar-refractivity contribution in [3.8, 4) is 0 Å². The van der Waals surface area contributed by atoms with Crippen LogP contribution in [-0.2, 0) is 16.1 Å². The van der Waals surface area contributed by atoms with Crippen molar-refractivity contribution in [2.45, 2.75) is 6.54 Å². The highest BCUT2D eigenvalue weighted by Gasteiger charge is 2.29. The molecule has 1 aromatic rings. The second-order valence-corrected chi connectivity index (χ2v) is 4.06. The molecule has 0 aromatic carbocycles. The van der Waals surface area contributed by atoms with Gasteiger partial charge in [-0.05, 0) is 0 Å². The number of piperazine rings is 1. The van der Waals surface area contributed by atoms with Crippen molar-refractivity contribution >= 4 is 17.5 Å². The smallest absolute Gasteiger partial charge is 0.312 e. The number of carbonyl (C=O) groups excluding carboxylic acids is 2. The van der Waals surface area contributed by atoms with Crippen molar-refractivity contribution in [2.24, 2.45) is 0 Å². The number of likely N-dealkylation sites (N-methyl/N-ethyl adjacent to an activating group) is 1. The standard InChI is InChI=1S/C10H15N5O2/c1-13-2-3-14(10(17)9(13)16)4-5-15-7-8(11)6-12-15/h6-7H,2-5,11H2,1H3. The summed E-state index contributed by atoms with van der Waals surface area (Å²) in [5.41, 5.74) is 6.12. The molecule has 1 saturated heterocycles. The summed E-state index contributed by atoms with van der Waals surface area (Å²) in [6, 6.07) is 0. The molecule has 0 bridgehead atoms. The molecule has 2 heterocycles. The van der Waals surface area contributed by atoms with Gasteiger partial charge in [-0.15, -0.1) is 0 Å². The van der Waals surface area contributed by atoms with E-state index in [2.05, 4.69) is 5.10 Å². The molecule has 2 N–H and O–H groups in total. The van der Waals surface area contributed by atoms with Crippen LogP contribution in [0.3, 0.4) is 0 Å². The molecular weight excluding hydrogens is 222 g/mol. The molecule has 0 unspecified atom stereocenters. The maximum atomic E-state index is 11.6. The van der Waals surface area contributed by atoms with E-state index in [1.165, 1.54) is 4.90 Å². The van der Waals surface area contributed by atoms with Crippen LogP contribution in [0.5, 0.6) is 0 Å². The van der Waals surface area contributed by atoms with Crippen LogP contribution in [0.4, 0.5) is 5.69 Å². The molecule has 7 nitrogen and oxygen atoms in total. The Morgan fingerprint density at radius 3 is 2.71 bits per heavy atom. The van der Waals surface area contributed by atoms with Crippen LogP contribution in [0, 0.1) is 0 Å². The lowest BCUT2D eigenvalue weighted by molar-refractivity contribution is -0.155. The summed E-state index contributed by atoms with van der Waals surface area (Å²) in [6.45, 7) is 2.16. The lowest BCUT2D eigenvalue weighted by Crippen LogP contribution is -2.53. The van der Waals surface area contributed by atoms with Crippen LogP contribution in [0.25, 0.3) is 0 Å². The maximum Gasteiger partial charge on any atom is 0.312 e. The zero-order valence-corrected chi connectivity index (χ0v) is 9.67. The summed E-state index contributed by atoms with van der Waals surface area (Å²) in [6.07, 6.45) is 3.25. The number of hydrogen-bond donors (Lipinski definition) is 1. The number of hydrogen-bond acceptors (Lipinski definition) is 4. The first-order valence-corrected chi connectivity index (χ1v) is 5.40. The van der Waals surface area contributed by atoms with Gasteiger partial charge in [0.05, 0.1) is 18.4 Å². The molecule has 17 heavy (non-hydrogen) atoms. The summed E-state index contributed by atoms with van der Waals surface area (Å²) in [4.78, 5) is 26.1. The minimum absolute atomic E-state index is 0.445. The summed E-state index contributed by atoms with van der Waals surface area (Å²) in [5.74, 6) is -0.893. The van der Waals surface area contributed by atoms with Crippen molar-refractivity contribution in [1.82, 2.24) is 19.6 Å². The molecule has 1 aromatic heterocycles. The second-order valence-electron chi connectivity index (χ2n) is 4.06. The van der Waals surface area contributed by atoms with E-state index in [1.54, 1.807) is 29.0 Å². The average Bonchev–Trinajstić information content (AvgIpc) is 2.71. The van der Waals surface area contributed by atoms with Crippen LogP contribution in [0.1, 0.15) is 0 Å². The maximum absolute atomic E-state index is 11.6. The largest absolute Gasteiger partial charge is 0.396 e. The first-order valence-electron chi connectivity index (χ1n) is 5.40. The Morgan fingerprint density at radius 1 is 1.29 bits per heavy atom. The van der Waals surface area contributed by atoms with Gasteiger partial charge in [0.2, 0.25) is 0 Å². The van der Waals surface area contributed by atoms with Crippen LogP contribution in [0.15, 0.2) is 12.4 Å². The fourth-order valence-electron chi connectivity index (χ4n) is 1.71. The zero-order valence-electron chi connectivity index (χ0n) is 9.67. The van der Waals surface area contributed by atoms with E-state index in [9.17, 15) is 9.59 Å². The van der Waals surface area contributed by atoms with Gasteiger partial charge in [-0.25, -0.2) is 0 Å². The molecular formula is C10H15N5O2. The average molecular weight is 237 g/mol. The van der Waals surface area contributed by atoms with Gasteiger partial charge in [-0.3, -0.25) is 14.3 Å². The van der Waals surface area contributed by atoms with E-state index in [4.69, 9.17) is 5.73 Å². The second kappa shape index (κ2) is 4.44. The Balaban J connectivity index is 1.91. The van der Waals surface area contributed by atoms with Crippen LogP contribution in [0.2, 0.25) is 0 Å². The predicted molar refractivity (Wildman–Crippen MR) is 60.9 cm³/mol. The molecule has 1 aliphatic heterocycles. The van der Waals surface area contributed by atoms with Gasteiger partial charge in [-0.1, -0.05) is 0 Å². The molecule has 0 spiro atoms. The molecule has 1 aliphatic rings. The third kappa shape index (κ3) is 2.38. The van der Waals surface area contributed by atoms with Crippen LogP contribution < -0.4 is 5.73 Å². The third-order valence-electron chi connectivity index (χ3n) is 2.77. The Morgan fingerprint density at radius 2 is 2.06 bits per heavy atom. The van der Waals surface area contributed by atoms with E-state index < -0.39 is 11.8 Å². The summed E-state index contributed by atoms with van der Waals surface area (Å²) < 4.78 is 1.66. The lowest BCUT2D eigenvalue weighted by atomic mass is 10.3. The molecule has 2 amide bonds. The highest BCUT2D eigenvalue weighted by Crippen LogP contribution is 2.04. The van der Waals surface area contributed by atoms with E-state index in [-0.39, 0.29) is 0 Å². The Labute approximate surface area is 98.8 Å². The third-order valence-corrected chi connectivity index (χ3v) is 2.77. The molecule has 2 rings (SSSR count). The predicted octanol–water partition coefficient (Wildman–Crippen LogP) is -1.23. The van der Waals surface area contributed by atoms with E-state index in [0.717, 1.165) is 0 Å². The summed E-state index contributed by atoms with van der Waals surface area (Å²) >= 11 is 0. The van der Waals surface area contributed by atoms with Gasteiger partial charge in [-0.2, -0.15) is 5.10 Å². The minimum atomic E-state index is -0.448. The van der Waals surface area contributed by atoms with Gasteiger partial charge in [0.15, 0.2) is 0 Å². The number of nitrogens with two attached hydrogens (primary N) is 1. The number of nitrogens with zero attached hydrogens (tertiary/aromatic N) is 4. The number of amides is 2. The van der Waals surface area contributed by atoms with Gasteiger partial charge in [0.25, 0.3) is 0 Å². The van der Waals surface area contributed by atoms with Gasteiger partial charge >= 0.3 is 11.8 Å². The SMILES string of the molecule is CN1CCN(CCn2cc(N)cn2)C(=O)C1=O. The Hall–Kier alpha value is -2.05. The summed E-state index contributed by atoms with van der Waals surface area (Å²) in [7, 11) is 1.63. The van der Waals surface area contributed by atoms with E-state index >= 15 is 0 Å². The number of nitrogen functional groups attached to an aromatic ring is 1. The molecule has 0 radical (unpaired) electrons. The zero-order chi connectivity index (χ0) is 12.4. The molecule has 0 atom stereocenters. The molecule has 0 saturated carbocycles. The van der Waals surface area contributed by atoms with Crippen molar-refractivity contribution < 1.29 is 9.59 Å². The molecule has 92 valence electrons. The first kappa shape index (κ1) is 11.4. The highest BCUT2D eigenvalue weighted by molar-refractivity contribution is 6.35. The fraction of sp³-hybridized carbons (Fsp3) is 0.500. The molecule has 1 fully saturated rings. The Kier molecular flexibility index (Phi) is 2.99. The van der Waals surface area contributed by atoms with Gasteiger partial charge in [0.1, 0.15) is 0 Å². The van der Waals surface area contributed by atoms with Crippen LogP contribution >= 0.6 is 0 Å². The van der Waals surface area contributed by atoms with E-state index in [1.807, 2.05) is 0 Å². The first-order chi connectivity index (χ1) is 8.08. The quantitative estimate of drug-likeness (QED) is 0.667. The van der Waals surface area contributed by atoms with Gasteiger partial charge in [0, 0.05) is 32.9 Å². The number of carbonyl (C=O) groups is 2. The van der Waals surface area contributed by atoms with Crippen molar-refractivity contribution in [3.05, 3.63) is 12.4 Å². The van der Waals surface area contributed by atoms with Crippen LogP contribution in [-0.4, -0.2) is 58.1 Å². The minimum Gasteiger partial charge on any atom is -0.396 e. The molecule has 7 heteroatoms. The van der Waals surface area contributed by atoms with Crippen molar-refractivity contribution in [2.75, 3.05) is 32.4 Å². The normalized spacial score (nSPS) is 16.8. The van der Waals surface area contributed by atoms with E-state index in [0.29, 0.717) is 31.9 Å². The number of aromatic nitrogens is 2. The molecule has 0 aliphatic carbocycles. The van der Waals surface area contributed by atoms with Gasteiger partial charge < -0.3 is 15.5 Å². The topological polar surface area (TPSA) is 84.5 Å². The highest BCUT2D eigenvalue weighted by atomic mass is 16.2. The van der Waals surface area contributed by atoms with Crippen molar-refractivity contribution in [1.29, 1.82) is 0 Å². The lowest BCUT2D eigenvalue weighted by Gasteiger charge is -2.31. The number of rotatable bonds is 3. The number of anilines is 1. The monoisotopic (exact) mass is 237 g/mol.